The molecular formula is C14H11BrFNOS. The van der Waals surface area contributed by atoms with Crippen molar-refractivity contribution >= 4 is 33.5 Å². The van der Waals surface area contributed by atoms with Gasteiger partial charge in [0.1, 0.15) is 5.82 Å². The fourth-order valence-electron chi connectivity index (χ4n) is 1.48. The number of halogens is 2. The van der Waals surface area contributed by atoms with E-state index in [2.05, 4.69) is 20.9 Å². The molecule has 0 aliphatic rings. The second-order valence-corrected chi connectivity index (χ2v) is 5.87. The summed E-state index contributed by atoms with van der Waals surface area (Å²) in [6.07, 6.45) is 2.14. The molecule has 19 heavy (non-hydrogen) atoms. The molecule has 0 amide bonds. The topological polar surface area (TPSA) is 30.0 Å². The Balaban J connectivity index is 1.84. The van der Waals surface area contributed by atoms with Crippen molar-refractivity contribution in [3.63, 3.8) is 0 Å². The van der Waals surface area contributed by atoms with E-state index in [-0.39, 0.29) is 11.6 Å². The minimum atomic E-state index is -0.329. The summed E-state index contributed by atoms with van der Waals surface area (Å²) in [6.45, 7) is 0. The number of hydrogen-bond acceptors (Lipinski definition) is 3. The Morgan fingerprint density at radius 1 is 1.21 bits per heavy atom. The summed E-state index contributed by atoms with van der Waals surface area (Å²) in [5.41, 5.74) is 0.547. The number of carbonyl (C=O) groups is 1. The van der Waals surface area contributed by atoms with Gasteiger partial charge in [0.15, 0.2) is 5.78 Å². The first kappa shape index (κ1) is 14.2. The van der Waals surface area contributed by atoms with Crippen molar-refractivity contribution < 1.29 is 9.18 Å². The molecule has 1 aromatic carbocycles. The molecule has 0 aliphatic heterocycles. The first-order valence-corrected chi connectivity index (χ1v) is 7.46. The predicted molar refractivity (Wildman–Crippen MR) is 78.0 cm³/mol. The fourth-order valence-corrected chi connectivity index (χ4v) is 2.50. The molecule has 1 heterocycles. The van der Waals surface area contributed by atoms with Crippen LogP contribution in [-0.2, 0) is 0 Å². The molecule has 0 radical (unpaired) electrons. The molecule has 0 unspecified atom stereocenters. The smallest absolute Gasteiger partial charge is 0.163 e. The van der Waals surface area contributed by atoms with Crippen molar-refractivity contribution in [1.82, 2.24) is 4.98 Å². The standard InChI is InChI=1S/C14H11BrFNOS/c15-11-3-6-14(17-9-11)19-8-7-13(18)10-1-4-12(16)5-2-10/h1-6,9H,7-8H2. The molecule has 2 rings (SSSR count). The van der Waals surface area contributed by atoms with Gasteiger partial charge in [0.05, 0.1) is 5.03 Å². The maximum atomic E-state index is 12.7. The molecule has 0 aliphatic carbocycles. The molecule has 5 heteroatoms. The summed E-state index contributed by atoms with van der Waals surface area (Å²) >= 11 is 4.85. The number of rotatable bonds is 5. The van der Waals surface area contributed by atoms with Crippen LogP contribution in [0.15, 0.2) is 52.1 Å². The first-order chi connectivity index (χ1) is 9.15. The maximum Gasteiger partial charge on any atom is 0.163 e. The van der Waals surface area contributed by atoms with Gasteiger partial charge >= 0.3 is 0 Å². The van der Waals surface area contributed by atoms with Gasteiger partial charge in [0, 0.05) is 28.4 Å². The number of pyridine rings is 1. The van der Waals surface area contributed by atoms with Crippen molar-refractivity contribution in [2.24, 2.45) is 0 Å². The Labute approximate surface area is 123 Å². The first-order valence-electron chi connectivity index (χ1n) is 5.68. The molecular weight excluding hydrogens is 329 g/mol. The number of aromatic nitrogens is 1. The van der Waals surface area contributed by atoms with Crippen molar-refractivity contribution in [3.05, 3.63) is 58.4 Å². The molecule has 1 aromatic heterocycles. The van der Waals surface area contributed by atoms with Crippen LogP contribution in [0.4, 0.5) is 4.39 Å². The summed E-state index contributed by atoms with van der Waals surface area (Å²) in [4.78, 5) is 16.1. The van der Waals surface area contributed by atoms with E-state index in [1.54, 1.807) is 6.20 Å². The van der Waals surface area contributed by atoms with Crippen LogP contribution in [0.25, 0.3) is 0 Å². The van der Waals surface area contributed by atoms with Crippen LogP contribution in [-0.4, -0.2) is 16.5 Å². The van der Waals surface area contributed by atoms with Gasteiger partial charge in [-0.15, -0.1) is 11.8 Å². The van der Waals surface area contributed by atoms with Crippen molar-refractivity contribution in [2.75, 3.05) is 5.75 Å². The largest absolute Gasteiger partial charge is 0.294 e. The van der Waals surface area contributed by atoms with E-state index < -0.39 is 0 Å². The number of benzene rings is 1. The van der Waals surface area contributed by atoms with Gasteiger partial charge in [-0.1, -0.05) is 0 Å². The third-order valence-corrected chi connectivity index (χ3v) is 3.86. The SMILES string of the molecule is O=C(CCSc1ccc(Br)cn1)c1ccc(F)cc1. The molecule has 0 N–H and O–H groups in total. The minimum absolute atomic E-state index is 0.0182. The van der Waals surface area contributed by atoms with Gasteiger partial charge in [-0.05, 0) is 52.3 Å². The van der Waals surface area contributed by atoms with Crippen molar-refractivity contribution in [1.29, 1.82) is 0 Å². The lowest BCUT2D eigenvalue weighted by Crippen LogP contribution is -2.00. The van der Waals surface area contributed by atoms with Gasteiger partial charge in [0.25, 0.3) is 0 Å². The van der Waals surface area contributed by atoms with Crippen LogP contribution in [0, 0.1) is 5.82 Å². The molecule has 98 valence electrons. The van der Waals surface area contributed by atoms with Gasteiger partial charge in [-0.2, -0.15) is 0 Å². The third kappa shape index (κ3) is 4.44. The highest BCUT2D eigenvalue weighted by Gasteiger charge is 2.06. The highest BCUT2D eigenvalue weighted by atomic mass is 79.9. The van der Waals surface area contributed by atoms with E-state index >= 15 is 0 Å². The Morgan fingerprint density at radius 2 is 1.95 bits per heavy atom. The summed E-state index contributed by atoms with van der Waals surface area (Å²) in [5, 5.41) is 0.884. The zero-order valence-electron chi connectivity index (χ0n) is 9.98. The van der Waals surface area contributed by atoms with Gasteiger partial charge < -0.3 is 0 Å². The highest BCUT2D eigenvalue weighted by Crippen LogP contribution is 2.19. The van der Waals surface area contributed by atoms with Crippen LogP contribution in [0.2, 0.25) is 0 Å². The molecule has 0 saturated carbocycles. The third-order valence-electron chi connectivity index (χ3n) is 2.45. The van der Waals surface area contributed by atoms with Gasteiger partial charge in [-0.3, -0.25) is 4.79 Å². The molecule has 0 spiro atoms. The van der Waals surface area contributed by atoms with Crippen LogP contribution in [0.5, 0.6) is 0 Å². The molecule has 0 saturated heterocycles. The molecule has 2 aromatic rings. The second-order valence-electron chi connectivity index (χ2n) is 3.84. The average Bonchev–Trinajstić information content (AvgIpc) is 2.41. The molecule has 0 bridgehead atoms. The zero-order valence-corrected chi connectivity index (χ0v) is 12.4. The number of carbonyl (C=O) groups excluding carboxylic acids is 1. The second kappa shape index (κ2) is 6.82. The Bertz CT molecular complexity index is 557. The van der Waals surface area contributed by atoms with Crippen molar-refractivity contribution in [3.8, 4) is 0 Å². The Kier molecular flexibility index (Phi) is 5.10. The summed E-state index contributed by atoms with van der Waals surface area (Å²) in [7, 11) is 0. The van der Waals surface area contributed by atoms with E-state index in [0.717, 1.165) is 9.50 Å². The predicted octanol–water partition coefficient (Wildman–Crippen LogP) is 4.35. The zero-order chi connectivity index (χ0) is 13.7. The van der Waals surface area contributed by atoms with Gasteiger partial charge in [-0.25, -0.2) is 9.37 Å². The van der Waals surface area contributed by atoms with E-state index in [4.69, 9.17) is 0 Å². The van der Waals surface area contributed by atoms with Crippen LogP contribution >= 0.6 is 27.7 Å². The number of nitrogens with zero attached hydrogens (tertiary/aromatic N) is 1. The Morgan fingerprint density at radius 3 is 2.58 bits per heavy atom. The lowest BCUT2D eigenvalue weighted by atomic mass is 10.1. The summed E-state index contributed by atoms with van der Waals surface area (Å²) in [5.74, 6) is 0.347. The highest BCUT2D eigenvalue weighted by molar-refractivity contribution is 9.10. The molecule has 2 nitrogen and oxygen atoms in total. The lowest BCUT2D eigenvalue weighted by molar-refractivity contribution is 0.0989. The quantitative estimate of drug-likeness (QED) is 0.599. The number of thioether (sulfide) groups is 1. The van der Waals surface area contributed by atoms with E-state index in [1.807, 2.05) is 12.1 Å². The monoisotopic (exact) mass is 339 g/mol. The van der Waals surface area contributed by atoms with E-state index in [1.165, 1.54) is 36.0 Å². The number of Topliss-reactive ketones (excluding diaryl/α,β-unsaturated/α-hetero) is 1. The minimum Gasteiger partial charge on any atom is -0.294 e. The maximum absolute atomic E-state index is 12.7. The number of hydrogen-bond donors (Lipinski definition) is 0. The van der Waals surface area contributed by atoms with E-state index in [0.29, 0.717) is 17.7 Å². The Hall–Kier alpha value is -1.20. The summed E-state index contributed by atoms with van der Waals surface area (Å²) in [6, 6.07) is 9.45. The van der Waals surface area contributed by atoms with Crippen molar-refractivity contribution in [2.45, 2.75) is 11.4 Å². The lowest BCUT2D eigenvalue weighted by Gasteiger charge is -2.02. The molecule has 0 fully saturated rings. The van der Waals surface area contributed by atoms with Crippen LogP contribution in [0.1, 0.15) is 16.8 Å². The number of ketones is 1. The summed E-state index contributed by atoms with van der Waals surface area (Å²) < 4.78 is 13.7. The van der Waals surface area contributed by atoms with E-state index in [9.17, 15) is 9.18 Å². The average molecular weight is 340 g/mol. The van der Waals surface area contributed by atoms with Crippen LogP contribution in [0.3, 0.4) is 0 Å². The van der Waals surface area contributed by atoms with Crippen LogP contribution < -0.4 is 0 Å². The molecule has 0 atom stereocenters. The van der Waals surface area contributed by atoms with Gasteiger partial charge in [0.2, 0.25) is 0 Å². The normalized spacial score (nSPS) is 10.4. The fraction of sp³-hybridized carbons (Fsp3) is 0.143.